The van der Waals surface area contributed by atoms with Crippen molar-refractivity contribution in [2.75, 3.05) is 5.88 Å². The second-order valence-electron chi connectivity index (χ2n) is 3.44. The molecule has 0 aliphatic rings. The largest absolute Gasteiger partial charge is 0.334 e. The van der Waals surface area contributed by atoms with Crippen molar-refractivity contribution in [1.29, 1.82) is 0 Å². The van der Waals surface area contributed by atoms with Crippen LogP contribution in [0, 0.1) is 5.92 Å². The van der Waals surface area contributed by atoms with E-state index in [1.807, 2.05) is 17.8 Å². The zero-order valence-corrected chi connectivity index (χ0v) is 9.04. The molecule has 13 heavy (non-hydrogen) atoms. The van der Waals surface area contributed by atoms with Gasteiger partial charge in [0, 0.05) is 12.9 Å². The van der Waals surface area contributed by atoms with Gasteiger partial charge in [-0.05, 0) is 12.0 Å². The number of hydrogen-bond donors (Lipinski definition) is 0. The van der Waals surface area contributed by atoms with Crippen molar-refractivity contribution in [3.8, 4) is 0 Å². The summed E-state index contributed by atoms with van der Waals surface area (Å²) in [6.07, 6.45) is 5.73. The molecule has 0 atom stereocenters. The molecule has 72 valence electrons. The highest BCUT2D eigenvalue weighted by Crippen LogP contribution is 2.15. The lowest BCUT2D eigenvalue weighted by atomic mass is 10.0. The summed E-state index contributed by atoms with van der Waals surface area (Å²) in [5.41, 5.74) is 2.34. The fourth-order valence-electron chi connectivity index (χ4n) is 1.06. The second kappa shape index (κ2) is 4.47. The highest BCUT2D eigenvalue weighted by Gasteiger charge is 2.03. The summed E-state index contributed by atoms with van der Waals surface area (Å²) in [5, 5.41) is 0. The number of rotatable bonds is 3. The standard InChI is InChI=1S/C10H15ClN2/c1-8(2)9(5-11)4-10-6-12-7-13(10)3/h4,6-8H,5H2,1-3H3. The van der Waals surface area contributed by atoms with Gasteiger partial charge < -0.3 is 4.57 Å². The molecule has 0 saturated carbocycles. The van der Waals surface area contributed by atoms with Gasteiger partial charge in [0.25, 0.3) is 0 Å². The summed E-state index contributed by atoms with van der Waals surface area (Å²) in [6, 6.07) is 0. The van der Waals surface area contributed by atoms with Crippen molar-refractivity contribution < 1.29 is 0 Å². The zero-order chi connectivity index (χ0) is 9.84. The van der Waals surface area contributed by atoms with Crippen LogP contribution in [0.3, 0.4) is 0 Å². The van der Waals surface area contributed by atoms with E-state index in [9.17, 15) is 0 Å². The average molecular weight is 199 g/mol. The minimum atomic E-state index is 0.493. The molecule has 0 amide bonds. The summed E-state index contributed by atoms with van der Waals surface area (Å²) in [7, 11) is 1.98. The minimum Gasteiger partial charge on any atom is -0.334 e. The molecule has 0 aromatic carbocycles. The van der Waals surface area contributed by atoms with Crippen LogP contribution >= 0.6 is 11.6 Å². The molecule has 0 aliphatic heterocycles. The van der Waals surface area contributed by atoms with Crippen LogP contribution in [0.5, 0.6) is 0 Å². The first-order valence-corrected chi connectivity index (χ1v) is 4.91. The Morgan fingerprint density at radius 2 is 2.38 bits per heavy atom. The monoisotopic (exact) mass is 198 g/mol. The highest BCUT2D eigenvalue weighted by molar-refractivity contribution is 6.19. The van der Waals surface area contributed by atoms with Crippen molar-refractivity contribution in [3.63, 3.8) is 0 Å². The average Bonchev–Trinajstić information content (AvgIpc) is 2.46. The molecular weight excluding hydrogens is 184 g/mol. The quantitative estimate of drug-likeness (QED) is 0.683. The number of aryl methyl sites for hydroxylation is 1. The molecule has 0 aliphatic carbocycles. The van der Waals surface area contributed by atoms with Crippen LogP contribution in [0.4, 0.5) is 0 Å². The van der Waals surface area contributed by atoms with E-state index < -0.39 is 0 Å². The highest BCUT2D eigenvalue weighted by atomic mass is 35.5. The summed E-state index contributed by atoms with van der Waals surface area (Å²) >= 11 is 5.83. The third-order valence-corrected chi connectivity index (χ3v) is 2.39. The Labute approximate surface area is 84.2 Å². The van der Waals surface area contributed by atoms with E-state index in [0.29, 0.717) is 11.8 Å². The maximum Gasteiger partial charge on any atom is 0.0948 e. The lowest BCUT2D eigenvalue weighted by molar-refractivity contribution is 0.775. The van der Waals surface area contributed by atoms with Gasteiger partial charge in [-0.15, -0.1) is 11.6 Å². The van der Waals surface area contributed by atoms with E-state index in [4.69, 9.17) is 11.6 Å². The van der Waals surface area contributed by atoms with Crippen molar-refractivity contribution in [3.05, 3.63) is 23.8 Å². The van der Waals surface area contributed by atoms with Gasteiger partial charge >= 0.3 is 0 Å². The molecule has 3 heteroatoms. The van der Waals surface area contributed by atoms with Crippen LogP contribution < -0.4 is 0 Å². The lowest BCUT2D eigenvalue weighted by Crippen LogP contribution is -1.97. The molecule has 0 radical (unpaired) electrons. The Morgan fingerprint density at radius 3 is 2.77 bits per heavy atom. The Balaban J connectivity index is 2.91. The predicted octanol–water partition coefficient (Wildman–Crippen LogP) is 2.70. The molecule has 1 rings (SSSR count). The van der Waals surface area contributed by atoms with Gasteiger partial charge in [0.15, 0.2) is 0 Å². The predicted molar refractivity (Wildman–Crippen MR) is 56.7 cm³/mol. The van der Waals surface area contributed by atoms with Crippen LogP contribution in [0.1, 0.15) is 19.5 Å². The van der Waals surface area contributed by atoms with Crippen molar-refractivity contribution in [1.82, 2.24) is 9.55 Å². The number of alkyl halides is 1. The van der Waals surface area contributed by atoms with Crippen LogP contribution in [0.2, 0.25) is 0 Å². The van der Waals surface area contributed by atoms with Gasteiger partial charge in [0.1, 0.15) is 0 Å². The fraction of sp³-hybridized carbons (Fsp3) is 0.500. The van der Waals surface area contributed by atoms with Gasteiger partial charge in [0.05, 0.1) is 18.2 Å². The normalized spacial score (nSPS) is 12.5. The van der Waals surface area contributed by atoms with E-state index in [0.717, 1.165) is 5.69 Å². The van der Waals surface area contributed by atoms with Crippen LogP contribution in [0.15, 0.2) is 18.1 Å². The molecule has 2 nitrogen and oxygen atoms in total. The van der Waals surface area contributed by atoms with Crippen LogP contribution in [-0.2, 0) is 7.05 Å². The topological polar surface area (TPSA) is 17.8 Å². The summed E-state index contributed by atoms with van der Waals surface area (Å²) in [5.74, 6) is 1.08. The Kier molecular flexibility index (Phi) is 3.55. The van der Waals surface area contributed by atoms with Gasteiger partial charge in [-0.2, -0.15) is 0 Å². The first-order chi connectivity index (χ1) is 6.15. The number of imidazole rings is 1. The van der Waals surface area contributed by atoms with Gasteiger partial charge in [-0.1, -0.05) is 19.4 Å². The maximum atomic E-state index is 5.83. The molecule has 1 aromatic rings. The third-order valence-electron chi connectivity index (χ3n) is 2.08. The Morgan fingerprint density at radius 1 is 1.69 bits per heavy atom. The summed E-state index contributed by atoms with van der Waals surface area (Å²) < 4.78 is 1.98. The fourth-order valence-corrected chi connectivity index (χ4v) is 1.44. The molecule has 0 unspecified atom stereocenters. The zero-order valence-electron chi connectivity index (χ0n) is 8.29. The van der Waals surface area contributed by atoms with Gasteiger partial charge in [0.2, 0.25) is 0 Å². The van der Waals surface area contributed by atoms with E-state index in [1.54, 1.807) is 6.33 Å². The summed E-state index contributed by atoms with van der Waals surface area (Å²) in [4.78, 5) is 4.04. The van der Waals surface area contributed by atoms with Gasteiger partial charge in [-0.3, -0.25) is 0 Å². The van der Waals surface area contributed by atoms with Crippen molar-refractivity contribution in [2.24, 2.45) is 13.0 Å². The summed E-state index contributed by atoms with van der Waals surface area (Å²) in [6.45, 7) is 4.29. The minimum absolute atomic E-state index is 0.493. The number of halogens is 1. The van der Waals surface area contributed by atoms with Crippen LogP contribution in [0.25, 0.3) is 6.08 Å². The van der Waals surface area contributed by atoms with Crippen LogP contribution in [-0.4, -0.2) is 15.4 Å². The molecule has 0 bridgehead atoms. The molecule has 1 heterocycles. The number of allylic oxidation sites excluding steroid dienone is 1. The van der Waals surface area contributed by atoms with E-state index in [2.05, 4.69) is 24.9 Å². The molecule has 0 N–H and O–H groups in total. The molecular formula is C10H15ClN2. The molecule has 0 fully saturated rings. The number of nitrogens with zero attached hydrogens (tertiary/aromatic N) is 2. The maximum absolute atomic E-state index is 5.83. The second-order valence-corrected chi connectivity index (χ2v) is 3.70. The lowest BCUT2D eigenvalue weighted by Gasteiger charge is -2.07. The van der Waals surface area contributed by atoms with E-state index >= 15 is 0 Å². The Hall–Kier alpha value is -0.760. The first-order valence-electron chi connectivity index (χ1n) is 4.38. The molecule has 1 aromatic heterocycles. The van der Waals surface area contributed by atoms with E-state index in [-0.39, 0.29) is 0 Å². The number of aromatic nitrogens is 2. The number of hydrogen-bond acceptors (Lipinski definition) is 1. The Bertz CT molecular complexity index is 300. The van der Waals surface area contributed by atoms with Gasteiger partial charge in [-0.25, -0.2) is 4.98 Å². The smallest absolute Gasteiger partial charge is 0.0948 e. The molecule has 0 saturated heterocycles. The van der Waals surface area contributed by atoms with E-state index in [1.165, 1.54) is 5.57 Å². The molecule has 0 spiro atoms. The SMILES string of the molecule is CC(C)C(=Cc1cncn1C)CCl. The van der Waals surface area contributed by atoms with Crippen molar-refractivity contribution in [2.45, 2.75) is 13.8 Å². The third kappa shape index (κ3) is 2.59. The first kappa shape index (κ1) is 10.3. The van der Waals surface area contributed by atoms with Crippen molar-refractivity contribution >= 4 is 17.7 Å².